The Hall–Kier alpha value is -4.57. The van der Waals surface area contributed by atoms with Crippen LogP contribution in [0.2, 0.25) is 5.02 Å². The van der Waals surface area contributed by atoms with Gasteiger partial charge in [0.1, 0.15) is 11.6 Å². The number of para-hydroxylation sites is 1. The quantitative estimate of drug-likeness (QED) is 0.420. The zero-order chi connectivity index (χ0) is 25.9. The van der Waals surface area contributed by atoms with Crippen LogP contribution >= 0.6 is 11.6 Å². The lowest BCUT2D eigenvalue weighted by atomic mass is 10.1. The molecule has 5 rings (SSSR count). The minimum absolute atomic E-state index is 0.0186. The highest BCUT2D eigenvalue weighted by Gasteiger charge is 2.26. The number of hydrogen-bond donors (Lipinski definition) is 2. The maximum absolute atomic E-state index is 14.6. The molecule has 1 fully saturated rings. The van der Waals surface area contributed by atoms with Gasteiger partial charge in [0.2, 0.25) is 5.91 Å². The van der Waals surface area contributed by atoms with E-state index in [0.717, 1.165) is 6.07 Å². The first-order chi connectivity index (χ1) is 17.9. The van der Waals surface area contributed by atoms with E-state index in [0.29, 0.717) is 24.5 Å². The van der Waals surface area contributed by atoms with E-state index >= 15 is 0 Å². The summed E-state index contributed by atoms with van der Waals surface area (Å²) in [6.45, 7) is 0.599. The molecule has 0 unspecified atom stereocenters. The van der Waals surface area contributed by atoms with Crippen molar-refractivity contribution < 1.29 is 18.8 Å². The zero-order valence-corrected chi connectivity index (χ0v) is 20.1. The standard InChI is InChI=1S/C26H20ClFN6O3/c27-19-13-20(28)18(21-8-4-5-9-29-21)12-17(19)25(36)31-23-14-22(26(37)33-11-10-30-24(35)15-33)32-34(23)16-6-2-1-3-7-16/h1-9,12-14H,10-11,15H2,(H,30,35)(H,31,36). The summed E-state index contributed by atoms with van der Waals surface area (Å²) >= 11 is 6.24. The average molecular weight is 519 g/mol. The van der Waals surface area contributed by atoms with Crippen LogP contribution in [-0.4, -0.2) is 57.0 Å². The molecular formula is C26H20ClFN6O3. The molecule has 2 aromatic heterocycles. The fourth-order valence-corrected chi connectivity index (χ4v) is 4.18. The number of carbonyl (C=O) groups excluding carboxylic acids is 3. The number of carbonyl (C=O) groups is 3. The summed E-state index contributed by atoms with van der Waals surface area (Å²) in [5.74, 6) is -1.76. The maximum Gasteiger partial charge on any atom is 0.274 e. The molecule has 37 heavy (non-hydrogen) atoms. The van der Waals surface area contributed by atoms with E-state index in [9.17, 15) is 18.8 Å². The van der Waals surface area contributed by atoms with E-state index in [-0.39, 0.29) is 40.1 Å². The lowest BCUT2D eigenvalue weighted by molar-refractivity contribution is -0.123. The molecule has 0 spiro atoms. The second kappa shape index (κ2) is 10.2. The SMILES string of the molecule is O=C1CN(C(=O)c2cc(NC(=O)c3cc(-c4ccccn4)c(F)cc3Cl)n(-c3ccccc3)n2)CCN1. The highest BCUT2D eigenvalue weighted by Crippen LogP contribution is 2.28. The Balaban J connectivity index is 1.50. The first-order valence-electron chi connectivity index (χ1n) is 11.3. The monoisotopic (exact) mass is 518 g/mol. The second-order valence-corrected chi connectivity index (χ2v) is 8.63. The number of anilines is 1. The van der Waals surface area contributed by atoms with Gasteiger partial charge < -0.3 is 15.5 Å². The van der Waals surface area contributed by atoms with Crippen molar-refractivity contribution in [3.8, 4) is 16.9 Å². The van der Waals surface area contributed by atoms with Crippen molar-refractivity contribution in [3.63, 3.8) is 0 Å². The van der Waals surface area contributed by atoms with Crippen LogP contribution in [0.25, 0.3) is 16.9 Å². The first kappa shape index (κ1) is 24.1. The molecular weight excluding hydrogens is 499 g/mol. The molecule has 0 aliphatic carbocycles. The number of hydrogen-bond acceptors (Lipinski definition) is 5. The fourth-order valence-electron chi connectivity index (χ4n) is 3.94. The normalized spacial score (nSPS) is 13.2. The first-order valence-corrected chi connectivity index (χ1v) is 11.7. The third-order valence-electron chi connectivity index (χ3n) is 5.74. The average Bonchev–Trinajstić information content (AvgIpc) is 3.33. The molecule has 1 aliphatic rings. The van der Waals surface area contributed by atoms with Gasteiger partial charge in [0.05, 0.1) is 28.5 Å². The van der Waals surface area contributed by atoms with Gasteiger partial charge in [-0.1, -0.05) is 35.9 Å². The lowest BCUT2D eigenvalue weighted by Gasteiger charge is -2.25. The summed E-state index contributed by atoms with van der Waals surface area (Å²) in [5.41, 5.74) is 1.12. The summed E-state index contributed by atoms with van der Waals surface area (Å²) in [6, 6.07) is 17.8. The fraction of sp³-hybridized carbons (Fsp3) is 0.115. The molecule has 186 valence electrons. The Labute approximate surface area is 215 Å². The lowest BCUT2D eigenvalue weighted by Crippen LogP contribution is -2.50. The van der Waals surface area contributed by atoms with Gasteiger partial charge in [0.15, 0.2) is 5.69 Å². The molecule has 0 atom stereocenters. The molecule has 3 amide bonds. The number of benzene rings is 2. The van der Waals surface area contributed by atoms with E-state index in [1.165, 1.54) is 27.9 Å². The number of rotatable bonds is 5. The Morgan fingerprint density at radius 3 is 2.57 bits per heavy atom. The molecule has 0 bridgehead atoms. The number of halogens is 2. The molecule has 2 N–H and O–H groups in total. The summed E-state index contributed by atoms with van der Waals surface area (Å²) in [5, 5.41) is 9.73. The number of nitrogens with zero attached hydrogens (tertiary/aromatic N) is 4. The van der Waals surface area contributed by atoms with E-state index < -0.39 is 17.6 Å². The van der Waals surface area contributed by atoms with Crippen molar-refractivity contribution in [3.05, 3.63) is 95.0 Å². The Kier molecular flexibility index (Phi) is 6.65. The molecule has 11 heteroatoms. The van der Waals surface area contributed by atoms with Crippen LogP contribution in [0.5, 0.6) is 0 Å². The molecule has 1 saturated heterocycles. The van der Waals surface area contributed by atoms with Gasteiger partial charge in [-0.2, -0.15) is 5.10 Å². The van der Waals surface area contributed by atoms with E-state index in [4.69, 9.17) is 11.6 Å². The number of nitrogens with one attached hydrogen (secondary N) is 2. The molecule has 0 radical (unpaired) electrons. The number of amides is 3. The zero-order valence-electron chi connectivity index (χ0n) is 19.3. The predicted molar refractivity (Wildman–Crippen MR) is 135 cm³/mol. The van der Waals surface area contributed by atoms with E-state index in [1.807, 2.05) is 6.07 Å². The largest absolute Gasteiger partial charge is 0.353 e. The van der Waals surface area contributed by atoms with Gasteiger partial charge >= 0.3 is 0 Å². The van der Waals surface area contributed by atoms with Crippen LogP contribution in [0, 0.1) is 5.82 Å². The summed E-state index contributed by atoms with van der Waals surface area (Å²) in [6.07, 6.45) is 1.52. The van der Waals surface area contributed by atoms with Crippen molar-refractivity contribution in [2.45, 2.75) is 0 Å². The van der Waals surface area contributed by atoms with Crippen LogP contribution in [-0.2, 0) is 4.79 Å². The van der Waals surface area contributed by atoms with Crippen molar-refractivity contribution in [2.75, 3.05) is 25.0 Å². The maximum atomic E-state index is 14.6. The molecule has 2 aromatic carbocycles. The third-order valence-corrected chi connectivity index (χ3v) is 6.05. The number of aromatic nitrogens is 3. The molecule has 9 nitrogen and oxygen atoms in total. The van der Waals surface area contributed by atoms with Crippen LogP contribution < -0.4 is 10.6 Å². The van der Waals surface area contributed by atoms with Crippen molar-refractivity contribution in [2.24, 2.45) is 0 Å². The summed E-state index contributed by atoms with van der Waals surface area (Å²) < 4.78 is 16.1. The number of pyridine rings is 1. The van der Waals surface area contributed by atoms with Gasteiger partial charge in [-0.05, 0) is 36.4 Å². The van der Waals surface area contributed by atoms with Crippen molar-refractivity contribution in [1.29, 1.82) is 0 Å². The van der Waals surface area contributed by atoms with Crippen molar-refractivity contribution >= 4 is 35.1 Å². The van der Waals surface area contributed by atoms with Crippen LogP contribution in [0.3, 0.4) is 0 Å². The Morgan fingerprint density at radius 1 is 1.05 bits per heavy atom. The van der Waals surface area contributed by atoms with E-state index in [1.54, 1.807) is 42.5 Å². The van der Waals surface area contributed by atoms with Crippen LogP contribution in [0.1, 0.15) is 20.8 Å². The van der Waals surface area contributed by atoms with Crippen LogP contribution in [0.15, 0.2) is 72.9 Å². The predicted octanol–water partition coefficient (Wildman–Crippen LogP) is 3.55. The summed E-state index contributed by atoms with van der Waals surface area (Å²) in [7, 11) is 0. The van der Waals surface area contributed by atoms with Crippen LogP contribution in [0.4, 0.5) is 10.2 Å². The van der Waals surface area contributed by atoms with Gasteiger partial charge in [-0.25, -0.2) is 9.07 Å². The molecule has 0 saturated carbocycles. The molecule has 4 aromatic rings. The Morgan fingerprint density at radius 2 is 1.84 bits per heavy atom. The number of piperazine rings is 1. The van der Waals surface area contributed by atoms with Crippen molar-refractivity contribution in [1.82, 2.24) is 25.0 Å². The molecule has 1 aliphatic heterocycles. The highest BCUT2D eigenvalue weighted by atomic mass is 35.5. The summed E-state index contributed by atoms with van der Waals surface area (Å²) in [4.78, 5) is 43.7. The third kappa shape index (κ3) is 5.05. The molecule has 3 heterocycles. The van der Waals surface area contributed by atoms with E-state index in [2.05, 4.69) is 20.7 Å². The second-order valence-electron chi connectivity index (χ2n) is 8.22. The minimum atomic E-state index is -0.629. The Bertz CT molecular complexity index is 1490. The topological polar surface area (TPSA) is 109 Å². The van der Waals surface area contributed by atoms with Gasteiger partial charge in [-0.15, -0.1) is 0 Å². The van der Waals surface area contributed by atoms with Gasteiger partial charge in [0.25, 0.3) is 11.8 Å². The minimum Gasteiger partial charge on any atom is -0.353 e. The van der Waals surface area contributed by atoms with Gasteiger partial charge in [-0.3, -0.25) is 19.4 Å². The van der Waals surface area contributed by atoms with Gasteiger partial charge in [0, 0.05) is 30.9 Å². The highest BCUT2D eigenvalue weighted by molar-refractivity contribution is 6.34. The smallest absolute Gasteiger partial charge is 0.274 e.